The second kappa shape index (κ2) is 9.92. The fourth-order valence-corrected chi connectivity index (χ4v) is 3.13. The molecule has 1 amide bonds. The predicted octanol–water partition coefficient (Wildman–Crippen LogP) is 5.46. The maximum absolute atomic E-state index is 11.9. The fourth-order valence-electron chi connectivity index (χ4n) is 2.31. The summed E-state index contributed by atoms with van der Waals surface area (Å²) in [6, 6.07) is 22.2. The molecule has 0 atom stereocenters. The number of anilines is 1. The van der Waals surface area contributed by atoms with E-state index in [0.29, 0.717) is 10.8 Å². The summed E-state index contributed by atoms with van der Waals surface area (Å²) >= 11 is 9.29. The second-order valence-corrected chi connectivity index (χ2v) is 7.05. The maximum Gasteiger partial charge on any atom is 0.259 e. The van der Waals surface area contributed by atoms with Gasteiger partial charge >= 0.3 is 0 Å². The molecule has 3 aromatic rings. The van der Waals surface area contributed by atoms with Crippen molar-refractivity contribution >= 4 is 45.3 Å². The van der Waals surface area contributed by atoms with Crippen molar-refractivity contribution < 1.29 is 9.53 Å². The Morgan fingerprint density at radius 1 is 1.04 bits per heavy atom. The number of rotatable bonds is 7. The van der Waals surface area contributed by atoms with Crippen LogP contribution in [0.2, 0.25) is 5.02 Å². The zero-order valence-corrected chi connectivity index (χ0v) is 17.1. The number of carbonyl (C=O) groups is 1. The van der Waals surface area contributed by atoms with Crippen LogP contribution in [0.15, 0.2) is 82.4 Å². The zero-order chi connectivity index (χ0) is 19.8. The Labute approximate surface area is 176 Å². The molecule has 0 saturated carbocycles. The summed E-state index contributed by atoms with van der Waals surface area (Å²) in [5.74, 6) is 1.18. The number of nitrogens with one attached hydrogen (secondary N) is 2. The Hall–Kier alpha value is -2.83. The van der Waals surface area contributed by atoms with E-state index in [9.17, 15) is 4.79 Å². The molecule has 3 rings (SSSR count). The molecule has 0 fully saturated rings. The molecule has 0 aliphatic carbocycles. The van der Waals surface area contributed by atoms with Crippen LogP contribution in [0.4, 0.5) is 5.69 Å². The summed E-state index contributed by atoms with van der Waals surface area (Å²) in [7, 11) is 0. The largest absolute Gasteiger partial charge is 0.457 e. The molecule has 5 nitrogen and oxygen atoms in total. The van der Waals surface area contributed by atoms with Crippen LogP contribution in [0, 0.1) is 0 Å². The number of amides is 1. The van der Waals surface area contributed by atoms with Crippen molar-refractivity contribution in [2.75, 3.05) is 11.9 Å². The molecule has 2 N–H and O–H groups in total. The molecular weight excluding hydrogens is 442 g/mol. The standard InChI is InChI=1S/C21H17BrClN3O2/c22-19-12-16(23)9-10-20(19)24-14-21(27)26-25-13-15-5-4-8-18(11-15)28-17-6-2-1-3-7-17/h1-13,24H,14H2,(H,26,27)/b25-13-. The zero-order valence-electron chi connectivity index (χ0n) is 14.7. The molecule has 142 valence electrons. The molecule has 0 aliphatic heterocycles. The van der Waals surface area contributed by atoms with Crippen molar-refractivity contribution in [1.82, 2.24) is 5.43 Å². The number of hydrogen-bond donors (Lipinski definition) is 2. The Kier molecular flexibility index (Phi) is 7.06. The minimum Gasteiger partial charge on any atom is -0.457 e. The quantitative estimate of drug-likeness (QED) is 0.365. The first-order chi connectivity index (χ1) is 13.6. The number of benzene rings is 3. The summed E-state index contributed by atoms with van der Waals surface area (Å²) in [5.41, 5.74) is 4.07. The summed E-state index contributed by atoms with van der Waals surface area (Å²) in [5, 5.41) is 7.61. The normalized spacial score (nSPS) is 10.6. The van der Waals surface area contributed by atoms with Gasteiger partial charge in [-0.25, -0.2) is 5.43 Å². The third kappa shape index (κ3) is 6.11. The van der Waals surface area contributed by atoms with Gasteiger partial charge in [-0.3, -0.25) is 4.79 Å². The van der Waals surface area contributed by atoms with Gasteiger partial charge in [-0.1, -0.05) is 41.9 Å². The molecule has 7 heteroatoms. The van der Waals surface area contributed by atoms with Gasteiger partial charge in [0.15, 0.2) is 0 Å². The van der Waals surface area contributed by atoms with Gasteiger partial charge in [0.2, 0.25) is 0 Å². The molecule has 0 saturated heterocycles. The Balaban J connectivity index is 1.51. The Bertz CT molecular complexity index is 980. The predicted molar refractivity (Wildman–Crippen MR) is 116 cm³/mol. The van der Waals surface area contributed by atoms with Crippen molar-refractivity contribution in [1.29, 1.82) is 0 Å². The highest BCUT2D eigenvalue weighted by molar-refractivity contribution is 9.10. The molecule has 0 aromatic heterocycles. The van der Waals surface area contributed by atoms with Gasteiger partial charge in [0.05, 0.1) is 12.8 Å². The lowest BCUT2D eigenvalue weighted by Crippen LogP contribution is -2.26. The lowest BCUT2D eigenvalue weighted by Gasteiger charge is -2.08. The highest BCUT2D eigenvalue weighted by Gasteiger charge is 2.03. The van der Waals surface area contributed by atoms with Crippen LogP contribution in [0.1, 0.15) is 5.56 Å². The fraction of sp³-hybridized carbons (Fsp3) is 0.0476. The lowest BCUT2D eigenvalue weighted by atomic mass is 10.2. The van der Waals surface area contributed by atoms with Gasteiger partial charge in [-0.05, 0) is 64.0 Å². The van der Waals surface area contributed by atoms with Crippen molar-refractivity contribution in [3.8, 4) is 11.5 Å². The summed E-state index contributed by atoms with van der Waals surface area (Å²) < 4.78 is 6.56. The van der Waals surface area contributed by atoms with Crippen LogP contribution in [0.25, 0.3) is 0 Å². The number of halogens is 2. The Morgan fingerprint density at radius 2 is 1.82 bits per heavy atom. The monoisotopic (exact) mass is 457 g/mol. The highest BCUT2D eigenvalue weighted by Crippen LogP contribution is 2.25. The van der Waals surface area contributed by atoms with Gasteiger partial charge in [0, 0.05) is 15.2 Å². The number of para-hydroxylation sites is 1. The second-order valence-electron chi connectivity index (χ2n) is 5.76. The topological polar surface area (TPSA) is 62.7 Å². The molecule has 0 unspecified atom stereocenters. The minimum absolute atomic E-state index is 0.0781. The molecule has 0 spiro atoms. The first-order valence-corrected chi connectivity index (χ1v) is 9.61. The number of ether oxygens (including phenoxy) is 1. The van der Waals surface area contributed by atoms with Crippen LogP contribution < -0.4 is 15.5 Å². The first kappa shape index (κ1) is 19.9. The van der Waals surface area contributed by atoms with E-state index in [1.165, 1.54) is 0 Å². The highest BCUT2D eigenvalue weighted by atomic mass is 79.9. The molecule has 3 aromatic carbocycles. The van der Waals surface area contributed by atoms with Gasteiger partial charge in [-0.15, -0.1) is 0 Å². The van der Waals surface area contributed by atoms with E-state index in [2.05, 4.69) is 31.8 Å². The number of nitrogens with zero attached hydrogens (tertiary/aromatic N) is 1. The average molecular weight is 459 g/mol. The summed E-state index contributed by atoms with van der Waals surface area (Å²) in [4.78, 5) is 11.9. The summed E-state index contributed by atoms with van der Waals surface area (Å²) in [6.07, 6.45) is 1.56. The van der Waals surface area contributed by atoms with E-state index in [1.54, 1.807) is 24.4 Å². The third-order valence-corrected chi connectivity index (χ3v) is 4.50. The van der Waals surface area contributed by atoms with E-state index in [1.807, 2.05) is 54.6 Å². The number of hydrazone groups is 1. The van der Waals surface area contributed by atoms with Gasteiger partial charge in [0.25, 0.3) is 5.91 Å². The first-order valence-electron chi connectivity index (χ1n) is 8.44. The van der Waals surface area contributed by atoms with Gasteiger partial charge in [-0.2, -0.15) is 5.10 Å². The van der Waals surface area contributed by atoms with Crippen LogP contribution >= 0.6 is 27.5 Å². The third-order valence-electron chi connectivity index (χ3n) is 3.61. The van der Waals surface area contributed by atoms with Crippen molar-refractivity contribution in [3.05, 3.63) is 87.9 Å². The number of hydrogen-bond acceptors (Lipinski definition) is 4. The van der Waals surface area contributed by atoms with Crippen molar-refractivity contribution in [2.24, 2.45) is 5.10 Å². The van der Waals surface area contributed by atoms with Crippen LogP contribution in [-0.2, 0) is 4.79 Å². The van der Waals surface area contributed by atoms with E-state index >= 15 is 0 Å². The molecular formula is C21H17BrClN3O2. The molecule has 0 heterocycles. The minimum atomic E-state index is -0.269. The van der Waals surface area contributed by atoms with Crippen molar-refractivity contribution in [2.45, 2.75) is 0 Å². The van der Waals surface area contributed by atoms with Crippen LogP contribution in [0.3, 0.4) is 0 Å². The van der Waals surface area contributed by atoms with E-state index < -0.39 is 0 Å². The van der Waals surface area contributed by atoms with Crippen molar-refractivity contribution in [3.63, 3.8) is 0 Å². The van der Waals surface area contributed by atoms with Gasteiger partial charge < -0.3 is 10.1 Å². The Morgan fingerprint density at radius 3 is 2.61 bits per heavy atom. The molecule has 0 bridgehead atoms. The van der Waals surface area contributed by atoms with E-state index in [-0.39, 0.29) is 12.5 Å². The van der Waals surface area contributed by atoms with Crippen LogP contribution in [-0.4, -0.2) is 18.7 Å². The molecule has 28 heavy (non-hydrogen) atoms. The lowest BCUT2D eigenvalue weighted by molar-refractivity contribution is -0.119. The smallest absolute Gasteiger partial charge is 0.259 e. The van der Waals surface area contributed by atoms with E-state index in [0.717, 1.165) is 21.5 Å². The molecule has 0 radical (unpaired) electrons. The molecule has 0 aliphatic rings. The summed E-state index contributed by atoms with van der Waals surface area (Å²) in [6.45, 7) is 0.0781. The van der Waals surface area contributed by atoms with E-state index in [4.69, 9.17) is 16.3 Å². The SMILES string of the molecule is O=C(CNc1ccc(Cl)cc1Br)N/N=C\c1cccc(Oc2ccccc2)c1. The maximum atomic E-state index is 11.9. The average Bonchev–Trinajstić information content (AvgIpc) is 2.68. The number of carbonyl (C=O) groups excluding carboxylic acids is 1. The van der Waals surface area contributed by atoms with Crippen LogP contribution in [0.5, 0.6) is 11.5 Å². The van der Waals surface area contributed by atoms with Gasteiger partial charge in [0.1, 0.15) is 11.5 Å².